The van der Waals surface area contributed by atoms with Crippen LogP contribution in [-0.2, 0) is 0 Å². The minimum absolute atomic E-state index is 0.0872. The number of carbonyl (C=O) groups is 1. The maximum Gasteiger partial charge on any atom is 0.270 e. The Balaban J connectivity index is 2.08. The van der Waals surface area contributed by atoms with Gasteiger partial charge in [0.1, 0.15) is 12.0 Å². The lowest BCUT2D eigenvalue weighted by Crippen LogP contribution is -2.27. The SMILES string of the molecule is Cc1cc(C(=O)NC(C)c2ccncc2)ncn1. The number of nitrogens with one attached hydrogen (secondary N) is 1. The van der Waals surface area contributed by atoms with Crippen LogP contribution in [0.4, 0.5) is 0 Å². The standard InChI is InChI=1S/C13H14N4O/c1-9-7-12(16-8-15-9)13(18)17-10(2)11-3-5-14-6-4-11/h3-8,10H,1-2H3,(H,17,18). The number of aryl methyl sites for hydroxylation is 1. The molecule has 2 rings (SSSR count). The number of hydrogen-bond acceptors (Lipinski definition) is 4. The Kier molecular flexibility index (Phi) is 3.62. The molecule has 18 heavy (non-hydrogen) atoms. The minimum atomic E-state index is -0.204. The molecule has 92 valence electrons. The molecule has 2 aromatic heterocycles. The van der Waals surface area contributed by atoms with Gasteiger partial charge in [0, 0.05) is 18.1 Å². The molecule has 0 aliphatic heterocycles. The molecule has 2 aromatic rings. The molecule has 1 amide bonds. The zero-order chi connectivity index (χ0) is 13.0. The van der Waals surface area contributed by atoms with Crippen molar-refractivity contribution in [1.29, 1.82) is 0 Å². The molecule has 5 heteroatoms. The molecule has 0 aliphatic rings. The summed E-state index contributed by atoms with van der Waals surface area (Å²) in [4.78, 5) is 23.8. The lowest BCUT2D eigenvalue weighted by molar-refractivity contribution is 0.0934. The van der Waals surface area contributed by atoms with E-state index < -0.39 is 0 Å². The molecule has 5 nitrogen and oxygen atoms in total. The van der Waals surface area contributed by atoms with Crippen molar-refractivity contribution in [3.8, 4) is 0 Å². The zero-order valence-electron chi connectivity index (χ0n) is 10.3. The summed E-state index contributed by atoms with van der Waals surface area (Å²) in [6.07, 6.45) is 4.79. The lowest BCUT2D eigenvalue weighted by atomic mass is 10.1. The van der Waals surface area contributed by atoms with Gasteiger partial charge < -0.3 is 5.32 Å². The first-order valence-corrected chi connectivity index (χ1v) is 5.66. The maximum absolute atomic E-state index is 12.0. The van der Waals surface area contributed by atoms with Crippen molar-refractivity contribution in [3.05, 3.63) is 53.9 Å². The van der Waals surface area contributed by atoms with Gasteiger partial charge in [0.05, 0.1) is 6.04 Å². The van der Waals surface area contributed by atoms with Gasteiger partial charge in [0.2, 0.25) is 0 Å². The van der Waals surface area contributed by atoms with Gasteiger partial charge in [0.15, 0.2) is 0 Å². The Morgan fingerprint density at radius 3 is 2.67 bits per heavy atom. The van der Waals surface area contributed by atoms with Crippen molar-refractivity contribution in [1.82, 2.24) is 20.3 Å². The van der Waals surface area contributed by atoms with E-state index in [0.717, 1.165) is 11.3 Å². The van der Waals surface area contributed by atoms with E-state index in [4.69, 9.17) is 0 Å². The van der Waals surface area contributed by atoms with Crippen LogP contribution in [0.5, 0.6) is 0 Å². The molecule has 0 radical (unpaired) electrons. The van der Waals surface area contributed by atoms with E-state index in [-0.39, 0.29) is 11.9 Å². The predicted molar refractivity (Wildman–Crippen MR) is 66.9 cm³/mol. The summed E-state index contributed by atoms with van der Waals surface area (Å²) in [5.74, 6) is -0.204. The van der Waals surface area contributed by atoms with Gasteiger partial charge >= 0.3 is 0 Å². The highest BCUT2D eigenvalue weighted by molar-refractivity contribution is 5.92. The van der Waals surface area contributed by atoms with Crippen molar-refractivity contribution < 1.29 is 4.79 Å². The molecule has 0 aromatic carbocycles. The molecule has 0 saturated carbocycles. The van der Waals surface area contributed by atoms with E-state index in [0.29, 0.717) is 5.69 Å². The lowest BCUT2D eigenvalue weighted by Gasteiger charge is -2.13. The first-order chi connectivity index (χ1) is 8.66. The number of rotatable bonds is 3. The molecule has 1 atom stereocenters. The summed E-state index contributed by atoms with van der Waals surface area (Å²) in [6, 6.07) is 5.32. The predicted octanol–water partition coefficient (Wildman–Crippen LogP) is 1.67. The first kappa shape index (κ1) is 12.2. The molecule has 0 aliphatic carbocycles. The molecule has 1 unspecified atom stereocenters. The van der Waals surface area contributed by atoms with Gasteiger partial charge in [-0.25, -0.2) is 9.97 Å². The third-order valence-electron chi connectivity index (χ3n) is 2.59. The van der Waals surface area contributed by atoms with E-state index in [1.165, 1.54) is 6.33 Å². The van der Waals surface area contributed by atoms with E-state index in [2.05, 4.69) is 20.3 Å². The summed E-state index contributed by atoms with van der Waals surface area (Å²) < 4.78 is 0. The smallest absolute Gasteiger partial charge is 0.270 e. The van der Waals surface area contributed by atoms with Gasteiger partial charge in [-0.05, 0) is 37.6 Å². The van der Waals surface area contributed by atoms with Crippen LogP contribution in [0.15, 0.2) is 36.9 Å². The molecule has 0 fully saturated rings. The number of amides is 1. The van der Waals surface area contributed by atoms with E-state index in [1.807, 2.05) is 26.0 Å². The van der Waals surface area contributed by atoms with Crippen molar-refractivity contribution in [2.75, 3.05) is 0 Å². The first-order valence-electron chi connectivity index (χ1n) is 5.66. The molecule has 0 saturated heterocycles. The second-order valence-electron chi connectivity index (χ2n) is 4.02. The van der Waals surface area contributed by atoms with Gasteiger partial charge in [-0.1, -0.05) is 0 Å². The minimum Gasteiger partial charge on any atom is -0.344 e. The summed E-state index contributed by atoms with van der Waals surface area (Å²) in [6.45, 7) is 3.74. The van der Waals surface area contributed by atoms with Crippen LogP contribution >= 0.6 is 0 Å². The number of carbonyl (C=O) groups excluding carboxylic acids is 1. The Morgan fingerprint density at radius 2 is 2.00 bits per heavy atom. The van der Waals surface area contributed by atoms with E-state index in [9.17, 15) is 4.79 Å². The highest BCUT2D eigenvalue weighted by Crippen LogP contribution is 2.11. The fourth-order valence-electron chi connectivity index (χ4n) is 1.58. The molecular formula is C13H14N4O. The van der Waals surface area contributed by atoms with Crippen LogP contribution in [-0.4, -0.2) is 20.9 Å². The third kappa shape index (κ3) is 2.88. The highest BCUT2D eigenvalue weighted by atomic mass is 16.1. The number of pyridine rings is 1. The van der Waals surface area contributed by atoms with E-state index >= 15 is 0 Å². The van der Waals surface area contributed by atoms with Crippen molar-refractivity contribution >= 4 is 5.91 Å². The van der Waals surface area contributed by atoms with Gasteiger partial charge in [-0.15, -0.1) is 0 Å². The monoisotopic (exact) mass is 242 g/mol. The average molecular weight is 242 g/mol. The Hall–Kier alpha value is -2.30. The van der Waals surface area contributed by atoms with Gasteiger partial charge in [-0.2, -0.15) is 0 Å². The second-order valence-corrected chi connectivity index (χ2v) is 4.02. The molecule has 1 N–H and O–H groups in total. The van der Waals surface area contributed by atoms with E-state index in [1.54, 1.807) is 18.5 Å². The highest BCUT2D eigenvalue weighted by Gasteiger charge is 2.12. The van der Waals surface area contributed by atoms with Crippen molar-refractivity contribution in [3.63, 3.8) is 0 Å². The fraction of sp³-hybridized carbons (Fsp3) is 0.231. The number of aromatic nitrogens is 3. The largest absolute Gasteiger partial charge is 0.344 e. The van der Waals surface area contributed by atoms with Crippen LogP contribution in [0.3, 0.4) is 0 Å². The Morgan fingerprint density at radius 1 is 1.28 bits per heavy atom. The van der Waals surface area contributed by atoms with Crippen LogP contribution in [0, 0.1) is 6.92 Å². The Bertz CT molecular complexity index is 542. The van der Waals surface area contributed by atoms with Gasteiger partial charge in [0.25, 0.3) is 5.91 Å². The fourth-order valence-corrected chi connectivity index (χ4v) is 1.58. The van der Waals surface area contributed by atoms with Crippen LogP contribution in [0.25, 0.3) is 0 Å². The number of nitrogens with zero attached hydrogens (tertiary/aromatic N) is 3. The van der Waals surface area contributed by atoms with Crippen LogP contribution in [0.1, 0.15) is 34.7 Å². The Labute approximate surface area is 105 Å². The number of hydrogen-bond donors (Lipinski definition) is 1. The molecule has 2 heterocycles. The zero-order valence-corrected chi connectivity index (χ0v) is 10.3. The van der Waals surface area contributed by atoms with Gasteiger partial charge in [-0.3, -0.25) is 9.78 Å². The van der Waals surface area contributed by atoms with Crippen molar-refractivity contribution in [2.45, 2.75) is 19.9 Å². The summed E-state index contributed by atoms with van der Waals surface area (Å²) in [5.41, 5.74) is 2.15. The molecule has 0 spiro atoms. The average Bonchev–Trinajstić information content (AvgIpc) is 2.39. The topological polar surface area (TPSA) is 67.8 Å². The summed E-state index contributed by atoms with van der Waals surface area (Å²) in [5, 5.41) is 2.88. The molecule has 0 bridgehead atoms. The second kappa shape index (κ2) is 5.35. The molecular weight excluding hydrogens is 228 g/mol. The normalized spacial score (nSPS) is 11.9. The maximum atomic E-state index is 12.0. The van der Waals surface area contributed by atoms with Crippen molar-refractivity contribution in [2.24, 2.45) is 0 Å². The summed E-state index contributed by atoms with van der Waals surface area (Å²) >= 11 is 0. The quantitative estimate of drug-likeness (QED) is 0.889. The van der Waals surface area contributed by atoms with Crippen LogP contribution in [0.2, 0.25) is 0 Å². The summed E-state index contributed by atoms with van der Waals surface area (Å²) in [7, 11) is 0. The van der Waals surface area contributed by atoms with Crippen LogP contribution < -0.4 is 5.32 Å². The third-order valence-corrected chi connectivity index (χ3v) is 2.59.